The highest BCUT2D eigenvalue weighted by atomic mass is 31.2. The SMILES string of the molecule is CC[C@H](C)[C@H](N)C(=O)NC(CP(=O)(O)C(C)N)C(=O)O. The molecule has 0 saturated carbocycles. The number of rotatable bonds is 8. The number of carbonyl (C=O) groups is 2. The molecule has 118 valence electrons. The van der Waals surface area contributed by atoms with Crippen molar-refractivity contribution in [3.63, 3.8) is 0 Å². The molecule has 1 amide bonds. The summed E-state index contributed by atoms with van der Waals surface area (Å²) in [5, 5.41) is 11.2. The second-order valence-corrected chi connectivity index (χ2v) is 7.68. The first-order valence-corrected chi connectivity index (χ1v) is 8.30. The third-order valence-corrected chi connectivity index (χ3v) is 5.42. The van der Waals surface area contributed by atoms with Crippen LogP contribution in [0.2, 0.25) is 0 Å². The van der Waals surface area contributed by atoms with E-state index in [1.165, 1.54) is 6.92 Å². The highest BCUT2D eigenvalue weighted by Gasteiger charge is 2.34. The van der Waals surface area contributed by atoms with Gasteiger partial charge in [0.15, 0.2) is 0 Å². The lowest BCUT2D eigenvalue weighted by molar-refractivity contribution is -0.141. The van der Waals surface area contributed by atoms with Crippen molar-refractivity contribution in [3.8, 4) is 0 Å². The Bertz CT molecular complexity index is 402. The predicted molar refractivity (Wildman–Crippen MR) is 75.3 cm³/mol. The van der Waals surface area contributed by atoms with E-state index in [1.807, 2.05) is 6.92 Å². The van der Waals surface area contributed by atoms with Gasteiger partial charge in [-0.3, -0.25) is 9.36 Å². The first-order valence-electron chi connectivity index (χ1n) is 6.38. The zero-order chi connectivity index (χ0) is 16.1. The number of hydrogen-bond acceptors (Lipinski definition) is 5. The standard InChI is InChI=1S/C11H24N3O5P/c1-4-6(2)9(13)10(15)14-8(11(16)17)5-20(18,19)7(3)12/h6-9H,4-5,12-13H2,1-3H3,(H,14,15)(H,16,17)(H,18,19)/t6-,7?,8?,9-/m0/s1. The van der Waals surface area contributed by atoms with Gasteiger partial charge in [-0.05, 0) is 12.8 Å². The maximum Gasteiger partial charge on any atom is 0.326 e. The van der Waals surface area contributed by atoms with E-state index in [-0.39, 0.29) is 5.92 Å². The molecule has 0 saturated heterocycles. The molecule has 0 heterocycles. The van der Waals surface area contributed by atoms with Crippen molar-refractivity contribution < 1.29 is 24.2 Å². The lowest BCUT2D eigenvalue weighted by Crippen LogP contribution is -2.52. The molecule has 9 heteroatoms. The molecule has 0 bridgehead atoms. The van der Waals surface area contributed by atoms with Crippen LogP contribution in [-0.2, 0) is 14.2 Å². The van der Waals surface area contributed by atoms with Gasteiger partial charge in [-0.2, -0.15) is 0 Å². The summed E-state index contributed by atoms with van der Waals surface area (Å²) in [6, 6.07) is -2.35. The highest BCUT2D eigenvalue weighted by Crippen LogP contribution is 2.44. The zero-order valence-corrected chi connectivity index (χ0v) is 12.8. The van der Waals surface area contributed by atoms with Crippen LogP contribution in [0.25, 0.3) is 0 Å². The van der Waals surface area contributed by atoms with Gasteiger partial charge in [-0.25, -0.2) is 4.79 Å². The number of carboxylic acids is 1. The van der Waals surface area contributed by atoms with Gasteiger partial charge in [0.25, 0.3) is 0 Å². The lowest BCUT2D eigenvalue weighted by Gasteiger charge is -2.23. The van der Waals surface area contributed by atoms with Gasteiger partial charge in [0.1, 0.15) is 6.04 Å². The molecule has 0 aliphatic carbocycles. The van der Waals surface area contributed by atoms with Crippen molar-refractivity contribution >= 4 is 19.2 Å². The lowest BCUT2D eigenvalue weighted by atomic mass is 9.99. The zero-order valence-electron chi connectivity index (χ0n) is 11.9. The average Bonchev–Trinajstić information content (AvgIpc) is 2.35. The summed E-state index contributed by atoms with van der Waals surface area (Å²) in [6.07, 6.45) is 0.0314. The molecule has 0 aromatic heterocycles. The van der Waals surface area contributed by atoms with Crippen molar-refractivity contribution in [2.45, 2.75) is 45.1 Å². The maximum absolute atomic E-state index is 11.8. The first-order chi connectivity index (χ1) is 9.02. The Labute approximate surface area is 118 Å². The number of aliphatic carboxylic acids is 1. The summed E-state index contributed by atoms with van der Waals surface area (Å²) in [7, 11) is -3.85. The number of amides is 1. The van der Waals surface area contributed by atoms with Gasteiger partial charge in [0.05, 0.1) is 18.0 Å². The van der Waals surface area contributed by atoms with Crippen molar-refractivity contribution in [2.24, 2.45) is 17.4 Å². The van der Waals surface area contributed by atoms with Gasteiger partial charge in [0, 0.05) is 0 Å². The minimum absolute atomic E-state index is 0.126. The van der Waals surface area contributed by atoms with E-state index in [4.69, 9.17) is 16.6 Å². The molecular weight excluding hydrogens is 285 g/mol. The first kappa shape index (κ1) is 19.1. The molecule has 0 fully saturated rings. The number of nitrogens with one attached hydrogen (secondary N) is 1. The van der Waals surface area contributed by atoms with E-state index in [1.54, 1.807) is 6.92 Å². The van der Waals surface area contributed by atoms with Crippen LogP contribution in [0.5, 0.6) is 0 Å². The van der Waals surface area contributed by atoms with E-state index >= 15 is 0 Å². The molecule has 0 aliphatic rings. The van der Waals surface area contributed by atoms with Crippen LogP contribution in [0, 0.1) is 5.92 Å². The molecule has 0 aliphatic heterocycles. The van der Waals surface area contributed by atoms with Crippen LogP contribution < -0.4 is 16.8 Å². The van der Waals surface area contributed by atoms with Crippen LogP contribution in [0.4, 0.5) is 0 Å². The van der Waals surface area contributed by atoms with Gasteiger partial charge in [-0.1, -0.05) is 20.3 Å². The normalized spacial score (nSPS) is 20.3. The van der Waals surface area contributed by atoms with Crippen LogP contribution in [0.1, 0.15) is 27.2 Å². The summed E-state index contributed by atoms with van der Waals surface area (Å²) in [5.41, 5.74) is 11.0. The third kappa shape index (κ3) is 5.58. The molecule has 7 N–H and O–H groups in total. The molecular formula is C11H24N3O5P. The third-order valence-electron chi connectivity index (χ3n) is 3.25. The Hall–Kier alpha value is -0.950. The number of hydrogen-bond donors (Lipinski definition) is 5. The fraction of sp³-hybridized carbons (Fsp3) is 0.818. The number of nitrogens with two attached hydrogens (primary N) is 2. The van der Waals surface area contributed by atoms with Gasteiger partial charge in [-0.15, -0.1) is 0 Å². The van der Waals surface area contributed by atoms with E-state index in [0.717, 1.165) is 0 Å². The topological polar surface area (TPSA) is 156 Å². The summed E-state index contributed by atoms with van der Waals surface area (Å²) < 4.78 is 11.8. The average molecular weight is 309 g/mol. The Morgan fingerprint density at radius 2 is 1.80 bits per heavy atom. The van der Waals surface area contributed by atoms with Crippen LogP contribution in [0.3, 0.4) is 0 Å². The highest BCUT2D eigenvalue weighted by molar-refractivity contribution is 7.58. The summed E-state index contributed by atoms with van der Waals surface area (Å²) in [5.74, 6) is -3.25. The van der Waals surface area contributed by atoms with E-state index in [0.29, 0.717) is 6.42 Å². The monoisotopic (exact) mass is 309 g/mol. The van der Waals surface area contributed by atoms with Crippen molar-refractivity contribution in [2.75, 3.05) is 6.16 Å². The summed E-state index contributed by atoms with van der Waals surface area (Å²) >= 11 is 0. The van der Waals surface area contributed by atoms with Crippen molar-refractivity contribution in [3.05, 3.63) is 0 Å². The predicted octanol–water partition coefficient (Wildman–Crippen LogP) is -0.496. The van der Waals surface area contributed by atoms with Crippen molar-refractivity contribution in [1.82, 2.24) is 5.32 Å². The largest absolute Gasteiger partial charge is 0.480 e. The Morgan fingerprint density at radius 3 is 2.15 bits per heavy atom. The summed E-state index contributed by atoms with van der Waals surface area (Å²) in [6.45, 7) is 4.93. The molecule has 3 unspecified atom stereocenters. The van der Waals surface area contributed by atoms with Gasteiger partial charge >= 0.3 is 5.97 Å². The molecule has 8 nitrogen and oxygen atoms in total. The van der Waals surface area contributed by atoms with Gasteiger partial charge in [0.2, 0.25) is 13.3 Å². The molecule has 0 aromatic carbocycles. The molecule has 20 heavy (non-hydrogen) atoms. The minimum Gasteiger partial charge on any atom is -0.480 e. The van der Waals surface area contributed by atoms with Gasteiger partial charge < -0.3 is 26.8 Å². The molecule has 0 radical (unpaired) electrons. The second kappa shape index (κ2) is 7.73. The van der Waals surface area contributed by atoms with Crippen LogP contribution >= 0.6 is 7.37 Å². The Balaban J connectivity index is 4.85. The van der Waals surface area contributed by atoms with Crippen LogP contribution in [-0.4, -0.2) is 45.9 Å². The van der Waals surface area contributed by atoms with E-state index in [9.17, 15) is 19.0 Å². The second-order valence-electron chi connectivity index (χ2n) is 4.99. The summed E-state index contributed by atoms with van der Waals surface area (Å²) in [4.78, 5) is 32.5. The Morgan fingerprint density at radius 1 is 1.30 bits per heavy atom. The van der Waals surface area contributed by atoms with Crippen molar-refractivity contribution in [1.29, 1.82) is 0 Å². The van der Waals surface area contributed by atoms with E-state index < -0.39 is 43.3 Å². The molecule has 0 rings (SSSR count). The molecule has 0 spiro atoms. The molecule has 0 aromatic rings. The number of carboxylic acid groups (broad SMARTS) is 1. The fourth-order valence-electron chi connectivity index (χ4n) is 1.39. The quantitative estimate of drug-likeness (QED) is 0.378. The van der Waals surface area contributed by atoms with E-state index in [2.05, 4.69) is 5.32 Å². The molecule has 5 atom stereocenters. The minimum atomic E-state index is -3.85. The fourth-order valence-corrected chi connectivity index (χ4v) is 2.50. The Kier molecular flexibility index (Phi) is 7.37. The maximum atomic E-state index is 11.8. The number of carbonyl (C=O) groups excluding carboxylic acids is 1. The smallest absolute Gasteiger partial charge is 0.326 e. The van der Waals surface area contributed by atoms with Crippen LogP contribution in [0.15, 0.2) is 0 Å².